The number of urea groups is 1. The number of benzene rings is 2. The van der Waals surface area contributed by atoms with Gasteiger partial charge in [0.15, 0.2) is 0 Å². The van der Waals surface area contributed by atoms with Gasteiger partial charge in [0.1, 0.15) is 5.82 Å². The maximum Gasteiger partial charge on any atom is 0.317 e. The van der Waals surface area contributed by atoms with Gasteiger partial charge in [0.05, 0.1) is 0 Å². The lowest BCUT2D eigenvalue weighted by Gasteiger charge is -2.21. The number of hydrogen-bond acceptors (Lipinski definition) is 1. The van der Waals surface area contributed by atoms with E-state index in [2.05, 4.69) is 5.32 Å². The largest absolute Gasteiger partial charge is 0.337 e. The molecule has 2 amide bonds. The average Bonchev–Trinajstić information content (AvgIpc) is 3.36. The number of carbonyl (C=O) groups excluding carboxylic acids is 1. The zero-order valence-electron chi connectivity index (χ0n) is 13.6. The zero-order valence-corrected chi connectivity index (χ0v) is 14.3. The summed E-state index contributed by atoms with van der Waals surface area (Å²) in [5.41, 5.74) is 2.15. The van der Waals surface area contributed by atoms with Gasteiger partial charge in [-0.1, -0.05) is 35.9 Å². The molecule has 24 heavy (non-hydrogen) atoms. The summed E-state index contributed by atoms with van der Waals surface area (Å²) in [4.78, 5) is 13.9. The van der Waals surface area contributed by atoms with Crippen molar-refractivity contribution in [3.63, 3.8) is 0 Å². The van der Waals surface area contributed by atoms with Crippen molar-refractivity contribution in [3.8, 4) is 0 Å². The number of nitrogens with zero attached hydrogens (tertiary/aromatic N) is 1. The molecule has 2 aromatic carbocycles. The van der Waals surface area contributed by atoms with Crippen LogP contribution in [0.5, 0.6) is 0 Å². The Morgan fingerprint density at radius 1 is 1.17 bits per heavy atom. The summed E-state index contributed by atoms with van der Waals surface area (Å²) in [6.07, 6.45) is 2.13. The average molecular weight is 347 g/mol. The molecule has 1 N–H and O–H groups in total. The lowest BCUT2D eigenvalue weighted by atomic mass is 9.96. The van der Waals surface area contributed by atoms with Gasteiger partial charge >= 0.3 is 6.03 Å². The van der Waals surface area contributed by atoms with Crippen LogP contribution in [-0.4, -0.2) is 24.5 Å². The van der Waals surface area contributed by atoms with Gasteiger partial charge in [0.25, 0.3) is 0 Å². The Balaban J connectivity index is 1.55. The fourth-order valence-corrected chi connectivity index (χ4v) is 2.96. The summed E-state index contributed by atoms with van der Waals surface area (Å²) >= 11 is 5.94. The van der Waals surface area contributed by atoms with Crippen molar-refractivity contribution in [1.29, 1.82) is 0 Å². The van der Waals surface area contributed by atoms with E-state index in [0.29, 0.717) is 13.1 Å². The molecule has 5 heteroatoms. The van der Waals surface area contributed by atoms with E-state index in [4.69, 9.17) is 11.6 Å². The van der Waals surface area contributed by atoms with Crippen LogP contribution in [0.1, 0.15) is 24.0 Å². The SMILES string of the molecule is CN(Cc1ccc(F)cc1)C(=O)NCC1(c2ccc(Cl)cc2)CC1. The summed E-state index contributed by atoms with van der Waals surface area (Å²) in [7, 11) is 1.74. The molecule has 3 nitrogen and oxygen atoms in total. The van der Waals surface area contributed by atoms with Gasteiger partial charge in [-0.3, -0.25) is 0 Å². The fraction of sp³-hybridized carbons (Fsp3) is 0.316. The Kier molecular flexibility index (Phi) is 4.76. The minimum absolute atomic E-state index is 0.0387. The smallest absolute Gasteiger partial charge is 0.317 e. The van der Waals surface area contributed by atoms with Crippen LogP contribution in [0.15, 0.2) is 48.5 Å². The minimum Gasteiger partial charge on any atom is -0.337 e. The molecule has 0 atom stereocenters. The van der Waals surface area contributed by atoms with Gasteiger partial charge in [0, 0.05) is 30.6 Å². The Morgan fingerprint density at radius 2 is 1.79 bits per heavy atom. The van der Waals surface area contributed by atoms with Crippen LogP contribution in [0.25, 0.3) is 0 Å². The van der Waals surface area contributed by atoms with Crippen LogP contribution in [-0.2, 0) is 12.0 Å². The molecule has 1 fully saturated rings. The van der Waals surface area contributed by atoms with Crippen molar-refractivity contribution in [2.45, 2.75) is 24.8 Å². The van der Waals surface area contributed by atoms with Gasteiger partial charge in [-0.05, 0) is 48.2 Å². The topological polar surface area (TPSA) is 32.3 Å². The van der Waals surface area contributed by atoms with E-state index in [-0.39, 0.29) is 17.3 Å². The highest BCUT2D eigenvalue weighted by Crippen LogP contribution is 2.47. The summed E-state index contributed by atoms with van der Waals surface area (Å²) in [5.74, 6) is -0.274. The van der Waals surface area contributed by atoms with Crippen molar-refractivity contribution in [2.75, 3.05) is 13.6 Å². The highest BCUT2D eigenvalue weighted by atomic mass is 35.5. The molecule has 0 aliphatic heterocycles. The molecule has 0 spiro atoms. The van der Waals surface area contributed by atoms with Crippen LogP contribution in [0.4, 0.5) is 9.18 Å². The molecule has 1 aliphatic rings. The zero-order chi connectivity index (χ0) is 17.2. The highest BCUT2D eigenvalue weighted by Gasteiger charge is 2.44. The molecule has 126 valence electrons. The highest BCUT2D eigenvalue weighted by molar-refractivity contribution is 6.30. The first-order valence-electron chi connectivity index (χ1n) is 7.98. The third-order valence-corrected chi connectivity index (χ3v) is 4.82. The van der Waals surface area contributed by atoms with Gasteiger partial charge in [-0.15, -0.1) is 0 Å². The summed E-state index contributed by atoms with van der Waals surface area (Å²) in [5, 5.41) is 3.73. The van der Waals surface area contributed by atoms with E-state index in [0.717, 1.165) is 23.4 Å². The van der Waals surface area contributed by atoms with E-state index < -0.39 is 0 Å². The summed E-state index contributed by atoms with van der Waals surface area (Å²) in [6.45, 7) is 1.06. The second kappa shape index (κ2) is 6.81. The minimum atomic E-state index is -0.274. The molecule has 0 aromatic heterocycles. The van der Waals surface area contributed by atoms with E-state index >= 15 is 0 Å². The Labute approximate surface area is 146 Å². The molecular formula is C19H20ClFN2O. The van der Waals surface area contributed by atoms with Gasteiger partial charge in [-0.2, -0.15) is 0 Å². The molecule has 2 aromatic rings. The number of hydrogen-bond donors (Lipinski definition) is 1. The number of rotatable bonds is 5. The monoisotopic (exact) mass is 346 g/mol. The molecule has 0 unspecified atom stereocenters. The van der Waals surface area contributed by atoms with Crippen LogP contribution in [0.2, 0.25) is 5.02 Å². The van der Waals surface area contributed by atoms with E-state index in [1.165, 1.54) is 17.7 Å². The van der Waals surface area contributed by atoms with Crippen molar-refractivity contribution >= 4 is 17.6 Å². The van der Waals surface area contributed by atoms with E-state index in [1.807, 2.05) is 24.3 Å². The van der Waals surface area contributed by atoms with Crippen LogP contribution in [0.3, 0.4) is 0 Å². The van der Waals surface area contributed by atoms with Gasteiger partial charge in [0.2, 0.25) is 0 Å². The second-order valence-corrected chi connectivity index (χ2v) is 6.86. The quantitative estimate of drug-likeness (QED) is 0.857. The lowest BCUT2D eigenvalue weighted by molar-refractivity contribution is 0.206. The van der Waals surface area contributed by atoms with Crippen LogP contribution in [0, 0.1) is 5.82 Å². The summed E-state index contributed by atoms with van der Waals surface area (Å²) < 4.78 is 12.9. The molecule has 0 heterocycles. The molecule has 0 radical (unpaired) electrons. The lowest BCUT2D eigenvalue weighted by Crippen LogP contribution is -2.40. The molecule has 1 saturated carbocycles. The van der Waals surface area contributed by atoms with Gasteiger partial charge < -0.3 is 10.2 Å². The molecule has 0 bridgehead atoms. The molecular weight excluding hydrogens is 327 g/mol. The Morgan fingerprint density at radius 3 is 2.38 bits per heavy atom. The van der Waals surface area contributed by atoms with Crippen molar-refractivity contribution in [2.24, 2.45) is 0 Å². The van der Waals surface area contributed by atoms with E-state index in [1.54, 1.807) is 24.1 Å². The predicted molar refractivity (Wildman–Crippen MR) is 93.6 cm³/mol. The molecule has 1 aliphatic carbocycles. The maximum atomic E-state index is 12.9. The molecule has 3 rings (SSSR count). The Bertz CT molecular complexity index is 711. The maximum absolute atomic E-state index is 12.9. The second-order valence-electron chi connectivity index (χ2n) is 6.43. The van der Waals surface area contributed by atoms with Gasteiger partial charge in [-0.25, -0.2) is 9.18 Å². The van der Waals surface area contributed by atoms with Crippen LogP contribution >= 0.6 is 11.6 Å². The first-order chi connectivity index (χ1) is 11.5. The van der Waals surface area contributed by atoms with Crippen molar-refractivity contribution in [1.82, 2.24) is 10.2 Å². The number of amides is 2. The number of carbonyl (C=O) groups is 1. The number of halogens is 2. The van der Waals surface area contributed by atoms with Crippen molar-refractivity contribution < 1.29 is 9.18 Å². The first kappa shape index (κ1) is 16.8. The third kappa shape index (κ3) is 3.88. The van der Waals surface area contributed by atoms with Crippen LogP contribution < -0.4 is 5.32 Å². The third-order valence-electron chi connectivity index (χ3n) is 4.57. The molecule has 0 saturated heterocycles. The first-order valence-corrected chi connectivity index (χ1v) is 8.36. The Hall–Kier alpha value is -2.07. The fourth-order valence-electron chi connectivity index (χ4n) is 2.84. The predicted octanol–water partition coefficient (Wildman–Crippen LogP) is 4.35. The normalized spacial score (nSPS) is 15.0. The van der Waals surface area contributed by atoms with Crippen molar-refractivity contribution in [3.05, 3.63) is 70.5 Å². The number of nitrogens with one attached hydrogen (secondary N) is 1. The standard InChI is InChI=1S/C19H20ClFN2O/c1-23(12-14-2-8-17(21)9-3-14)18(24)22-13-19(10-11-19)15-4-6-16(20)7-5-15/h2-9H,10-13H2,1H3,(H,22,24). The summed E-state index contributed by atoms with van der Waals surface area (Å²) in [6, 6.07) is 13.9. The van der Waals surface area contributed by atoms with E-state index in [9.17, 15) is 9.18 Å².